The number of hydrogen-bond acceptors (Lipinski definition) is 6. The van der Waals surface area contributed by atoms with E-state index in [0.29, 0.717) is 23.8 Å². The zero-order valence-corrected chi connectivity index (χ0v) is 19.0. The summed E-state index contributed by atoms with van der Waals surface area (Å²) in [5.74, 6) is 0.0783. The highest BCUT2D eigenvalue weighted by atomic mass is 32.2. The molecule has 0 spiro atoms. The van der Waals surface area contributed by atoms with Crippen LogP contribution in [0.3, 0.4) is 0 Å². The Hall–Kier alpha value is -2.86. The van der Waals surface area contributed by atoms with Crippen molar-refractivity contribution in [3.63, 3.8) is 0 Å². The Morgan fingerprint density at radius 1 is 1.13 bits per heavy atom. The van der Waals surface area contributed by atoms with Crippen LogP contribution in [-0.4, -0.2) is 22.3 Å². The zero-order valence-electron chi connectivity index (χ0n) is 18.1. The first-order chi connectivity index (χ1) is 14.2. The second kappa shape index (κ2) is 8.88. The van der Waals surface area contributed by atoms with Crippen molar-refractivity contribution in [2.24, 2.45) is 0 Å². The summed E-state index contributed by atoms with van der Waals surface area (Å²) in [5, 5.41) is 0. The Bertz CT molecular complexity index is 1040. The number of benzene rings is 1. The van der Waals surface area contributed by atoms with E-state index in [1.165, 1.54) is 5.56 Å². The maximum absolute atomic E-state index is 13.1. The van der Waals surface area contributed by atoms with Gasteiger partial charge in [-0.1, -0.05) is 39.0 Å². The van der Waals surface area contributed by atoms with Gasteiger partial charge in [0.05, 0.1) is 5.69 Å². The number of carbonyl (C=O) groups excluding carboxylic acids is 1. The van der Waals surface area contributed by atoms with E-state index in [1.54, 1.807) is 36.3 Å². The molecule has 0 atom stereocenters. The fourth-order valence-corrected chi connectivity index (χ4v) is 3.92. The van der Waals surface area contributed by atoms with Gasteiger partial charge in [0.1, 0.15) is 17.2 Å². The summed E-state index contributed by atoms with van der Waals surface area (Å²) in [6, 6.07) is 15.6. The molecule has 30 heavy (non-hydrogen) atoms. The van der Waals surface area contributed by atoms with Crippen LogP contribution in [0.2, 0.25) is 0 Å². The lowest BCUT2D eigenvalue weighted by Gasteiger charge is -2.24. The zero-order chi connectivity index (χ0) is 21.9. The predicted octanol–water partition coefficient (Wildman–Crippen LogP) is 5.43. The molecule has 2 N–H and O–H groups in total. The molecule has 0 saturated carbocycles. The smallest absolute Gasteiger partial charge is 0.231 e. The summed E-state index contributed by atoms with van der Waals surface area (Å²) < 4.78 is 2.09. The molecule has 1 aromatic carbocycles. The number of ketones is 1. The van der Waals surface area contributed by atoms with Crippen LogP contribution in [-0.2, 0) is 5.41 Å². The van der Waals surface area contributed by atoms with E-state index in [2.05, 4.69) is 66.2 Å². The molecule has 0 fully saturated rings. The van der Waals surface area contributed by atoms with Crippen LogP contribution in [0.25, 0.3) is 0 Å². The quantitative estimate of drug-likeness (QED) is 0.423. The third-order valence-corrected chi connectivity index (χ3v) is 5.87. The Labute approximate surface area is 182 Å². The van der Waals surface area contributed by atoms with Gasteiger partial charge in [-0.3, -0.25) is 9.78 Å². The van der Waals surface area contributed by atoms with Gasteiger partial charge in [0.25, 0.3) is 0 Å². The van der Waals surface area contributed by atoms with Gasteiger partial charge in [0.15, 0.2) is 0 Å². The second-order valence-electron chi connectivity index (χ2n) is 8.22. The van der Waals surface area contributed by atoms with E-state index in [9.17, 15) is 4.79 Å². The standard InChI is InChI=1S/C24H28N4OS/c1-6-28(30-18-12-10-17(11-13-18)24(3,4)5)20-14-16(2)15-26-22(20)23(29)19-8-7-9-21(25)27-19/h7-15H,6H2,1-5H3,(H2,25,27). The first kappa shape index (κ1) is 21.8. The third-order valence-electron chi connectivity index (χ3n) is 4.71. The fraction of sp³-hybridized carbons (Fsp3) is 0.292. The molecule has 0 bridgehead atoms. The van der Waals surface area contributed by atoms with Crippen molar-refractivity contribution in [3.8, 4) is 0 Å². The summed E-state index contributed by atoms with van der Waals surface area (Å²) in [4.78, 5) is 22.9. The van der Waals surface area contributed by atoms with Gasteiger partial charge >= 0.3 is 0 Å². The van der Waals surface area contributed by atoms with Crippen LogP contribution < -0.4 is 10.0 Å². The largest absolute Gasteiger partial charge is 0.384 e. The van der Waals surface area contributed by atoms with Crippen molar-refractivity contribution in [2.45, 2.75) is 44.9 Å². The number of nitrogens with two attached hydrogens (primary N) is 1. The van der Waals surface area contributed by atoms with Gasteiger partial charge < -0.3 is 10.0 Å². The van der Waals surface area contributed by atoms with Gasteiger partial charge in [-0.15, -0.1) is 0 Å². The number of rotatable bonds is 6. The highest BCUT2D eigenvalue weighted by Gasteiger charge is 2.22. The molecular weight excluding hydrogens is 392 g/mol. The molecule has 2 aromatic heterocycles. The Morgan fingerprint density at radius 3 is 2.43 bits per heavy atom. The first-order valence-corrected chi connectivity index (χ1v) is 10.8. The Kier molecular flexibility index (Phi) is 6.46. The molecule has 0 amide bonds. The molecule has 0 saturated heterocycles. The van der Waals surface area contributed by atoms with Crippen molar-refractivity contribution in [2.75, 3.05) is 16.6 Å². The third kappa shape index (κ3) is 5.00. The molecule has 0 unspecified atom stereocenters. The molecule has 0 radical (unpaired) electrons. The average molecular weight is 421 g/mol. The van der Waals surface area contributed by atoms with E-state index in [0.717, 1.165) is 16.1 Å². The molecule has 0 aliphatic rings. The van der Waals surface area contributed by atoms with E-state index in [4.69, 9.17) is 5.73 Å². The lowest BCUT2D eigenvalue weighted by molar-refractivity contribution is 0.103. The number of hydrogen-bond donors (Lipinski definition) is 1. The number of nitrogens with zero attached hydrogens (tertiary/aromatic N) is 3. The Morgan fingerprint density at radius 2 is 1.83 bits per heavy atom. The SMILES string of the molecule is CCN(Sc1ccc(C(C)(C)C)cc1)c1cc(C)cnc1C(=O)c1cccc(N)n1. The van der Waals surface area contributed by atoms with E-state index >= 15 is 0 Å². The molecule has 3 rings (SSSR count). The molecular formula is C24H28N4OS. The molecule has 0 aliphatic heterocycles. The van der Waals surface area contributed by atoms with Gasteiger partial charge in [-0.05, 0) is 72.7 Å². The Balaban J connectivity index is 1.94. The molecule has 5 nitrogen and oxygen atoms in total. The number of pyridine rings is 2. The molecule has 6 heteroatoms. The van der Waals surface area contributed by atoms with Crippen molar-refractivity contribution < 1.29 is 4.79 Å². The van der Waals surface area contributed by atoms with Gasteiger partial charge in [-0.2, -0.15) is 0 Å². The minimum atomic E-state index is -0.237. The number of anilines is 2. The molecule has 2 heterocycles. The topological polar surface area (TPSA) is 72.1 Å². The number of carbonyl (C=O) groups is 1. The molecule has 156 valence electrons. The number of aryl methyl sites for hydroxylation is 1. The molecule has 0 aliphatic carbocycles. The minimum Gasteiger partial charge on any atom is -0.384 e. The van der Waals surface area contributed by atoms with Crippen LogP contribution in [0.1, 0.15) is 55.0 Å². The van der Waals surface area contributed by atoms with Crippen molar-refractivity contribution in [3.05, 3.63) is 77.2 Å². The monoisotopic (exact) mass is 420 g/mol. The van der Waals surface area contributed by atoms with Crippen LogP contribution in [0.15, 0.2) is 59.6 Å². The van der Waals surface area contributed by atoms with Crippen molar-refractivity contribution in [1.82, 2.24) is 9.97 Å². The van der Waals surface area contributed by atoms with Gasteiger partial charge in [0.2, 0.25) is 5.78 Å². The van der Waals surface area contributed by atoms with Crippen LogP contribution >= 0.6 is 11.9 Å². The summed E-state index contributed by atoms with van der Waals surface area (Å²) in [6.45, 7) is 11.4. The summed E-state index contributed by atoms with van der Waals surface area (Å²) in [5.41, 5.74) is 9.60. The fourth-order valence-electron chi connectivity index (χ4n) is 3.05. The van der Waals surface area contributed by atoms with Crippen LogP contribution in [0.5, 0.6) is 0 Å². The summed E-state index contributed by atoms with van der Waals surface area (Å²) >= 11 is 1.60. The maximum atomic E-state index is 13.1. The van der Waals surface area contributed by atoms with Crippen molar-refractivity contribution >= 4 is 29.2 Å². The lowest BCUT2D eigenvalue weighted by Crippen LogP contribution is -2.19. The molecule has 3 aromatic rings. The van der Waals surface area contributed by atoms with E-state index in [1.807, 2.05) is 13.0 Å². The van der Waals surface area contributed by atoms with E-state index < -0.39 is 0 Å². The minimum absolute atomic E-state index is 0.109. The van der Waals surface area contributed by atoms with Gasteiger partial charge in [-0.25, -0.2) is 4.98 Å². The highest BCUT2D eigenvalue weighted by Crippen LogP contribution is 2.33. The number of nitrogen functional groups attached to an aromatic ring is 1. The van der Waals surface area contributed by atoms with Gasteiger partial charge in [0, 0.05) is 17.6 Å². The normalized spacial score (nSPS) is 11.4. The van der Waals surface area contributed by atoms with E-state index in [-0.39, 0.29) is 11.2 Å². The highest BCUT2D eigenvalue weighted by molar-refractivity contribution is 8.00. The van der Waals surface area contributed by atoms with Crippen LogP contribution in [0, 0.1) is 6.92 Å². The summed E-state index contributed by atoms with van der Waals surface area (Å²) in [6.07, 6.45) is 1.71. The first-order valence-electron chi connectivity index (χ1n) is 9.99. The second-order valence-corrected chi connectivity index (χ2v) is 9.31. The lowest BCUT2D eigenvalue weighted by atomic mass is 9.87. The summed E-state index contributed by atoms with van der Waals surface area (Å²) in [7, 11) is 0. The van der Waals surface area contributed by atoms with Crippen molar-refractivity contribution in [1.29, 1.82) is 0 Å². The van der Waals surface area contributed by atoms with Crippen LogP contribution in [0.4, 0.5) is 11.5 Å². The predicted molar refractivity (Wildman–Crippen MR) is 125 cm³/mol. The maximum Gasteiger partial charge on any atom is 0.231 e. The number of aromatic nitrogens is 2. The average Bonchev–Trinajstić information content (AvgIpc) is 2.71.